The lowest BCUT2D eigenvalue weighted by molar-refractivity contribution is -0.385. The van der Waals surface area contributed by atoms with Crippen molar-refractivity contribution in [3.63, 3.8) is 0 Å². The van der Waals surface area contributed by atoms with Crippen LogP contribution in [0.2, 0.25) is 0 Å². The van der Waals surface area contributed by atoms with Crippen molar-refractivity contribution in [2.24, 2.45) is 5.92 Å². The average Bonchev–Trinajstić information content (AvgIpc) is 3.06. The highest BCUT2D eigenvalue weighted by molar-refractivity contribution is 5.97. The van der Waals surface area contributed by atoms with Gasteiger partial charge in [0.1, 0.15) is 5.78 Å². The molecule has 2 aromatic carbocycles. The SMILES string of the molecule is O=C(C[C@H](c1ccccc1[N+](=O)[O-])C1CCCC1=O)c1ccccc1. The number of ketones is 2. The number of Topliss-reactive ketones (excluding diaryl/α,β-unsaturated/α-hetero) is 2. The summed E-state index contributed by atoms with van der Waals surface area (Å²) in [4.78, 5) is 36.0. The molecule has 0 heterocycles. The van der Waals surface area contributed by atoms with Crippen molar-refractivity contribution in [3.05, 3.63) is 75.8 Å². The molecule has 0 spiro atoms. The zero-order chi connectivity index (χ0) is 17.8. The molecule has 1 saturated carbocycles. The Kier molecular flexibility index (Phi) is 5.03. The summed E-state index contributed by atoms with van der Waals surface area (Å²) in [6.07, 6.45) is 2.05. The number of para-hydroxylation sites is 1. The smallest absolute Gasteiger partial charge is 0.272 e. The molecule has 2 aromatic rings. The summed E-state index contributed by atoms with van der Waals surface area (Å²) < 4.78 is 0. The first-order valence-corrected chi connectivity index (χ1v) is 8.42. The Bertz CT molecular complexity index is 800. The second-order valence-corrected chi connectivity index (χ2v) is 6.38. The average molecular weight is 337 g/mol. The van der Waals surface area contributed by atoms with Gasteiger partial charge in [-0.25, -0.2) is 0 Å². The first kappa shape index (κ1) is 17.0. The van der Waals surface area contributed by atoms with Crippen molar-refractivity contribution >= 4 is 17.3 Å². The molecule has 0 amide bonds. The Morgan fingerprint density at radius 2 is 1.80 bits per heavy atom. The number of nitro groups is 1. The number of rotatable bonds is 6. The molecular formula is C20H19NO4. The van der Waals surface area contributed by atoms with Gasteiger partial charge in [0.2, 0.25) is 0 Å². The molecule has 3 rings (SSSR count). The van der Waals surface area contributed by atoms with Gasteiger partial charge in [-0.1, -0.05) is 48.5 Å². The maximum atomic E-state index is 12.7. The third-order valence-electron chi connectivity index (χ3n) is 4.87. The van der Waals surface area contributed by atoms with Crippen LogP contribution in [-0.2, 0) is 4.79 Å². The first-order chi connectivity index (χ1) is 12.1. The van der Waals surface area contributed by atoms with Crippen LogP contribution in [-0.4, -0.2) is 16.5 Å². The minimum absolute atomic E-state index is 0.0203. The Morgan fingerprint density at radius 3 is 2.44 bits per heavy atom. The summed E-state index contributed by atoms with van der Waals surface area (Å²) >= 11 is 0. The van der Waals surface area contributed by atoms with E-state index in [1.807, 2.05) is 6.07 Å². The highest BCUT2D eigenvalue weighted by atomic mass is 16.6. The van der Waals surface area contributed by atoms with Crippen LogP contribution >= 0.6 is 0 Å². The van der Waals surface area contributed by atoms with Crippen LogP contribution in [0.15, 0.2) is 54.6 Å². The maximum absolute atomic E-state index is 12.7. The van der Waals surface area contributed by atoms with E-state index in [0.29, 0.717) is 24.0 Å². The van der Waals surface area contributed by atoms with Gasteiger partial charge in [-0.2, -0.15) is 0 Å². The van der Waals surface area contributed by atoms with Gasteiger partial charge >= 0.3 is 0 Å². The number of hydrogen-bond acceptors (Lipinski definition) is 4. The molecule has 25 heavy (non-hydrogen) atoms. The minimum atomic E-state index is -0.454. The van der Waals surface area contributed by atoms with Gasteiger partial charge in [-0.3, -0.25) is 19.7 Å². The normalized spacial score (nSPS) is 18.1. The molecule has 1 fully saturated rings. The lowest BCUT2D eigenvalue weighted by atomic mass is 9.79. The number of nitrogens with zero attached hydrogens (tertiary/aromatic N) is 1. The zero-order valence-electron chi connectivity index (χ0n) is 13.8. The summed E-state index contributed by atoms with van der Waals surface area (Å²) in [5.74, 6) is -0.773. The highest BCUT2D eigenvalue weighted by Crippen LogP contribution is 2.41. The summed E-state index contributed by atoms with van der Waals surface area (Å²) in [6, 6.07) is 15.3. The molecule has 0 aromatic heterocycles. The largest absolute Gasteiger partial charge is 0.299 e. The van der Waals surface area contributed by atoms with Crippen LogP contribution in [0, 0.1) is 16.0 Å². The monoisotopic (exact) mass is 337 g/mol. The fourth-order valence-electron chi connectivity index (χ4n) is 3.65. The Balaban J connectivity index is 1.98. The van der Waals surface area contributed by atoms with Gasteiger partial charge in [0.05, 0.1) is 4.92 Å². The summed E-state index contributed by atoms with van der Waals surface area (Å²) in [5.41, 5.74) is 1.03. The Labute approximate surface area is 145 Å². The quantitative estimate of drug-likeness (QED) is 0.447. The van der Waals surface area contributed by atoms with Gasteiger partial charge in [0.25, 0.3) is 5.69 Å². The third-order valence-corrected chi connectivity index (χ3v) is 4.87. The molecule has 1 aliphatic carbocycles. The van der Waals surface area contributed by atoms with Crippen LogP contribution in [0.5, 0.6) is 0 Å². The van der Waals surface area contributed by atoms with Crippen molar-refractivity contribution in [3.8, 4) is 0 Å². The lowest BCUT2D eigenvalue weighted by Gasteiger charge is -2.22. The van der Waals surface area contributed by atoms with Gasteiger partial charge in [-0.15, -0.1) is 0 Å². The summed E-state index contributed by atoms with van der Waals surface area (Å²) in [7, 11) is 0. The zero-order valence-corrected chi connectivity index (χ0v) is 13.8. The topological polar surface area (TPSA) is 77.3 Å². The molecule has 0 radical (unpaired) electrons. The standard InChI is InChI=1S/C20H19NO4/c22-19-12-6-10-16(19)17(13-20(23)14-7-2-1-3-8-14)15-9-4-5-11-18(15)21(24)25/h1-5,7-9,11,16-17H,6,10,12-13H2/t16?,17-/m1/s1. The minimum Gasteiger partial charge on any atom is -0.299 e. The Morgan fingerprint density at radius 1 is 1.12 bits per heavy atom. The van der Waals surface area contributed by atoms with Gasteiger partial charge in [0, 0.05) is 41.9 Å². The molecule has 1 unspecified atom stereocenters. The summed E-state index contributed by atoms with van der Waals surface area (Å²) in [6.45, 7) is 0. The number of nitro benzene ring substituents is 1. The molecular weight excluding hydrogens is 318 g/mol. The number of carbonyl (C=O) groups excluding carboxylic acids is 2. The van der Waals surface area contributed by atoms with E-state index in [-0.39, 0.29) is 29.6 Å². The molecule has 128 valence electrons. The van der Waals surface area contributed by atoms with Crippen LogP contribution in [0.4, 0.5) is 5.69 Å². The Hall–Kier alpha value is -2.82. The van der Waals surface area contributed by atoms with Gasteiger partial charge < -0.3 is 0 Å². The van der Waals surface area contributed by atoms with E-state index in [4.69, 9.17) is 0 Å². The van der Waals surface area contributed by atoms with E-state index < -0.39 is 10.8 Å². The van der Waals surface area contributed by atoms with Crippen molar-refractivity contribution < 1.29 is 14.5 Å². The van der Waals surface area contributed by atoms with E-state index in [1.54, 1.807) is 42.5 Å². The molecule has 5 heteroatoms. The first-order valence-electron chi connectivity index (χ1n) is 8.42. The van der Waals surface area contributed by atoms with Gasteiger partial charge in [0.15, 0.2) is 5.78 Å². The van der Waals surface area contributed by atoms with Crippen molar-refractivity contribution in [2.45, 2.75) is 31.6 Å². The van der Waals surface area contributed by atoms with E-state index >= 15 is 0 Å². The summed E-state index contributed by atoms with van der Waals surface area (Å²) in [5, 5.41) is 11.4. The number of hydrogen-bond donors (Lipinski definition) is 0. The lowest BCUT2D eigenvalue weighted by Crippen LogP contribution is -2.21. The second kappa shape index (κ2) is 7.38. The van der Waals surface area contributed by atoms with E-state index in [1.165, 1.54) is 6.07 Å². The van der Waals surface area contributed by atoms with E-state index in [2.05, 4.69) is 0 Å². The predicted molar refractivity (Wildman–Crippen MR) is 93.6 cm³/mol. The second-order valence-electron chi connectivity index (χ2n) is 6.38. The van der Waals surface area contributed by atoms with Crippen molar-refractivity contribution in [2.75, 3.05) is 0 Å². The fourth-order valence-corrected chi connectivity index (χ4v) is 3.65. The van der Waals surface area contributed by atoms with Crippen LogP contribution < -0.4 is 0 Å². The molecule has 1 aliphatic rings. The van der Waals surface area contributed by atoms with Crippen LogP contribution in [0.25, 0.3) is 0 Å². The fraction of sp³-hybridized carbons (Fsp3) is 0.300. The molecule has 0 saturated heterocycles. The number of benzene rings is 2. The van der Waals surface area contributed by atoms with Crippen LogP contribution in [0.1, 0.15) is 47.5 Å². The van der Waals surface area contributed by atoms with E-state index in [9.17, 15) is 19.7 Å². The molecule has 0 N–H and O–H groups in total. The van der Waals surface area contributed by atoms with E-state index in [0.717, 1.165) is 6.42 Å². The van der Waals surface area contributed by atoms with Crippen molar-refractivity contribution in [1.29, 1.82) is 0 Å². The predicted octanol–water partition coefficient (Wildman–Crippen LogP) is 4.32. The molecule has 0 bridgehead atoms. The number of carbonyl (C=O) groups is 2. The molecule has 0 aliphatic heterocycles. The molecule has 2 atom stereocenters. The maximum Gasteiger partial charge on any atom is 0.272 e. The van der Waals surface area contributed by atoms with Gasteiger partial charge in [-0.05, 0) is 12.8 Å². The van der Waals surface area contributed by atoms with Crippen LogP contribution in [0.3, 0.4) is 0 Å². The highest BCUT2D eigenvalue weighted by Gasteiger charge is 2.37. The van der Waals surface area contributed by atoms with Crippen molar-refractivity contribution in [1.82, 2.24) is 0 Å². The third kappa shape index (κ3) is 3.65. The molecule has 5 nitrogen and oxygen atoms in total.